The van der Waals surface area contributed by atoms with Crippen LogP contribution in [0.3, 0.4) is 0 Å². The Labute approximate surface area is 152 Å². The molecule has 5 heteroatoms. The maximum atomic E-state index is 13.6. The topological polar surface area (TPSA) is 21.1 Å². The molecule has 0 bridgehead atoms. The van der Waals surface area contributed by atoms with Crippen LogP contribution in [0.15, 0.2) is 42.5 Å². The first-order valence-corrected chi connectivity index (χ1v) is 9.10. The van der Waals surface area contributed by atoms with Crippen molar-refractivity contribution in [2.45, 2.75) is 25.8 Å². The molecule has 0 spiro atoms. The average Bonchev–Trinajstić information content (AvgIpc) is 2.94. The Hall–Kier alpha value is -2.27. The molecule has 0 N–H and O–H groups in total. The van der Waals surface area contributed by atoms with Gasteiger partial charge >= 0.3 is 0 Å². The van der Waals surface area contributed by atoms with E-state index in [1.165, 1.54) is 12.1 Å². The van der Waals surface area contributed by atoms with Crippen LogP contribution >= 0.6 is 0 Å². The number of imidazole rings is 1. The van der Waals surface area contributed by atoms with Crippen LogP contribution in [0.1, 0.15) is 30.7 Å². The number of fused-ring (bicyclic) bond motifs is 1. The van der Waals surface area contributed by atoms with Gasteiger partial charge < -0.3 is 4.57 Å². The van der Waals surface area contributed by atoms with Gasteiger partial charge in [0.1, 0.15) is 5.82 Å². The molecule has 26 heavy (non-hydrogen) atoms. The third-order valence-corrected chi connectivity index (χ3v) is 5.61. The number of piperidine rings is 1. The van der Waals surface area contributed by atoms with Crippen molar-refractivity contribution in [3.8, 4) is 0 Å². The van der Waals surface area contributed by atoms with Gasteiger partial charge in [-0.1, -0.05) is 25.1 Å². The van der Waals surface area contributed by atoms with Crippen LogP contribution in [0, 0.1) is 17.6 Å². The van der Waals surface area contributed by atoms with E-state index in [4.69, 9.17) is 4.98 Å². The van der Waals surface area contributed by atoms with E-state index in [9.17, 15) is 8.78 Å². The molecule has 2 atom stereocenters. The molecule has 0 amide bonds. The number of rotatable bonds is 3. The summed E-state index contributed by atoms with van der Waals surface area (Å²) in [6.45, 7) is 4.84. The minimum absolute atomic E-state index is 0.266. The summed E-state index contributed by atoms with van der Waals surface area (Å²) in [5.74, 6) is 0.173. The number of hydrogen-bond acceptors (Lipinski definition) is 2. The SMILES string of the molecule is CC1CN(Cc2nc3ccccc3n2C)CCC1c1ccc(F)c(F)c1. The Kier molecular flexibility index (Phi) is 4.49. The maximum Gasteiger partial charge on any atom is 0.159 e. The summed E-state index contributed by atoms with van der Waals surface area (Å²) in [5, 5.41) is 0. The molecule has 2 aromatic carbocycles. The highest BCUT2D eigenvalue weighted by atomic mass is 19.2. The van der Waals surface area contributed by atoms with Crippen LogP contribution in [0.2, 0.25) is 0 Å². The molecule has 4 rings (SSSR count). The van der Waals surface area contributed by atoms with Gasteiger partial charge in [-0.2, -0.15) is 0 Å². The summed E-state index contributed by atoms with van der Waals surface area (Å²) in [6, 6.07) is 12.5. The molecular weight excluding hydrogens is 332 g/mol. The molecule has 136 valence electrons. The number of benzene rings is 2. The Bertz CT molecular complexity index is 934. The number of para-hydroxylation sites is 2. The van der Waals surface area contributed by atoms with Crippen molar-refractivity contribution in [3.63, 3.8) is 0 Å². The maximum absolute atomic E-state index is 13.6. The highest BCUT2D eigenvalue weighted by Gasteiger charge is 2.28. The number of aryl methyl sites for hydroxylation is 1. The normalized spacial score (nSPS) is 21.4. The lowest BCUT2D eigenvalue weighted by atomic mass is 9.81. The minimum Gasteiger partial charge on any atom is -0.330 e. The number of halogens is 2. The minimum atomic E-state index is -0.777. The van der Waals surface area contributed by atoms with Gasteiger partial charge in [-0.05, 0) is 54.6 Å². The van der Waals surface area contributed by atoms with E-state index in [2.05, 4.69) is 29.5 Å². The van der Waals surface area contributed by atoms with E-state index in [0.29, 0.717) is 5.92 Å². The molecule has 1 aliphatic heterocycles. The Morgan fingerprint density at radius 2 is 1.92 bits per heavy atom. The van der Waals surface area contributed by atoms with Crippen LogP contribution in [0.5, 0.6) is 0 Å². The van der Waals surface area contributed by atoms with Gasteiger partial charge in [-0.25, -0.2) is 13.8 Å². The lowest BCUT2D eigenvalue weighted by Gasteiger charge is -2.37. The van der Waals surface area contributed by atoms with Gasteiger partial charge in [0.05, 0.1) is 17.6 Å². The summed E-state index contributed by atoms with van der Waals surface area (Å²) < 4.78 is 28.9. The average molecular weight is 355 g/mol. The van der Waals surface area contributed by atoms with Crippen LogP contribution in [-0.2, 0) is 13.6 Å². The van der Waals surface area contributed by atoms with Crippen molar-refractivity contribution in [2.24, 2.45) is 13.0 Å². The van der Waals surface area contributed by atoms with Crippen molar-refractivity contribution in [1.29, 1.82) is 0 Å². The van der Waals surface area contributed by atoms with E-state index >= 15 is 0 Å². The summed E-state index contributed by atoms with van der Waals surface area (Å²) in [5.41, 5.74) is 3.07. The van der Waals surface area contributed by atoms with E-state index in [0.717, 1.165) is 48.5 Å². The van der Waals surface area contributed by atoms with Crippen LogP contribution in [-0.4, -0.2) is 27.5 Å². The zero-order valence-electron chi connectivity index (χ0n) is 15.1. The van der Waals surface area contributed by atoms with E-state index in [1.54, 1.807) is 6.07 Å². The largest absolute Gasteiger partial charge is 0.330 e. The molecule has 1 saturated heterocycles. The first-order valence-electron chi connectivity index (χ1n) is 9.10. The molecule has 1 fully saturated rings. The fourth-order valence-electron chi connectivity index (χ4n) is 4.15. The lowest BCUT2D eigenvalue weighted by molar-refractivity contribution is 0.152. The zero-order chi connectivity index (χ0) is 18.3. The van der Waals surface area contributed by atoms with Crippen LogP contribution in [0.4, 0.5) is 8.78 Å². The van der Waals surface area contributed by atoms with Crippen LogP contribution < -0.4 is 0 Å². The second kappa shape index (κ2) is 6.80. The quantitative estimate of drug-likeness (QED) is 0.691. The summed E-state index contributed by atoms with van der Waals surface area (Å²) >= 11 is 0. The third-order valence-electron chi connectivity index (χ3n) is 5.61. The molecule has 0 saturated carbocycles. The third kappa shape index (κ3) is 3.12. The van der Waals surface area contributed by atoms with Crippen molar-refractivity contribution in [3.05, 3.63) is 65.5 Å². The smallest absolute Gasteiger partial charge is 0.159 e. The Morgan fingerprint density at radius 3 is 2.65 bits per heavy atom. The van der Waals surface area contributed by atoms with Gasteiger partial charge in [0.25, 0.3) is 0 Å². The highest BCUT2D eigenvalue weighted by Crippen LogP contribution is 2.34. The first-order chi connectivity index (χ1) is 12.5. The fourth-order valence-corrected chi connectivity index (χ4v) is 4.15. The second-order valence-electron chi connectivity index (χ2n) is 7.36. The molecule has 1 aromatic heterocycles. The molecule has 1 aliphatic rings. The monoisotopic (exact) mass is 355 g/mol. The van der Waals surface area contributed by atoms with Crippen molar-refractivity contribution in [1.82, 2.24) is 14.5 Å². The summed E-state index contributed by atoms with van der Waals surface area (Å²) in [7, 11) is 2.06. The molecule has 2 heterocycles. The van der Waals surface area contributed by atoms with Crippen molar-refractivity contribution in [2.75, 3.05) is 13.1 Å². The predicted molar refractivity (Wildman–Crippen MR) is 98.9 cm³/mol. The Balaban J connectivity index is 1.48. The summed E-state index contributed by atoms with van der Waals surface area (Å²) in [6.07, 6.45) is 0.941. The number of nitrogens with zero attached hydrogens (tertiary/aromatic N) is 3. The van der Waals surface area contributed by atoms with E-state index in [-0.39, 0.29) is 5.92 Å². The second-order valence-corrected chi connectivity index (χ2v) is 7.36. The molecule has 0 aliphatic carbocycles. The highest BCUT2D eigenvalue weighted by molar-refractivity contribution is 5.75. The van der Waals surface area contributed by atoms with E-state index in [1.807, 2.05) is 18.2 Å². The van der Waals surface area contributed by atoms with Crippen molar-refractivity contribution < 1.29 is 8.78 Å². The summed E-state index contributed by atoms with van der Waals surface area (Å²) in [4.78, 5) is 7.16. The molecule has 0 radical (unpaired) electrons. The standard InChI is InChI=1S/C21H23F2N3/c1-14-12-26(10-9-16(14)15-7-8-17(22)18(23)11-15)13-21-24-19-5-3-4-6-20(19)25(21)2/h3-8,11,14,16H,9-10,12-13H2,1-2H3. The zero-order valence-corrected chi connectivity index (χ0v) is 15.1. The lowest BCUT2D eigenvalue weighted by Crippen LogP contribution is -2.38. The van der Waals surface area contributed by atoms with Gasteiger partial charge in [0, 0.05) is 13.6 Å². The van der Waals surface area contributed by atoms with Gasteiger partial charge in [0.2, 0.25) is 0 Å². The molecule has 3 aromatic rings. The fraction of sp³-hybridized carbons (Fsp3) is 0.381. The Morgan fingerprint density at radius 1 is 1.12 bits per heavy atom. The van der Waals surface area contributed by atoms with Crippen LogP contribution in [0.25, 0.3) is 11.0 Å². The van der Waals surface area contributed by atoms with Gasteiger partial charge in [-0.3, -0.25) is 4.90 Å². The first kappa shape index (κ1) is 17.2. The number of hydrogen-bond donors (Lipinski definition) is 0. The number of likely N-dealkylation sites (tertiary alicyclic amines) is 1. The predicted octanol–water partition coefficient (Wildman–Crippen LogP) is 4.48. The van der Waals surface area contributed by atoms with E-state index < -0.39 is 11.6 Å². The van der Waals surface area contributed by atoms with Gasteiger partial charge in [0.15, 0.2) is 11.6 Å². The molecule has 3 nitrogen and oxygen atoms in total. The number of aromatic nitrogens is 2. The van der Waals surface area contributed by atoms with Gasteiger partial charge in [-0.15, -0.1) is 0 Å². The molecular formula is C21H23F2N3. The molecule has 2 unspecified atom stereocenters. The van der Waals surface area contributed by atoms with Crippen molar-refractivity contribution >= 4 is 11.0 Å².